The van der Waals surface area contributed by atoms with Gasteiger partial charge < -0.3 is 5.11 Å². The molecule has 1 aromatic carbocycles. The minimum absolute atomic E-state index is 0.0586. The van der Waals surface area contributed by atoms with Crippen molar-refractivity contribution >= 4 is 5.97 Å². The summed E-state index contributed by atoms with van der Waals surface area (Å²) in [6, 6.07) is 3.32. The molecule has 0 aliphatic rings. The summed E-state index contributed by atoms with van der Waals surface area (Å²) in [5.74, 6) is -2.93. The number of halogens is 2. The van der Waals surface area contributed by atoms with Crippen LogP contribution in [0.5, 0.6) is 0 Å². The van der Waals surface area contributed by atoms with E-state index in [1.54, 1.807) is 0 Å². The van der Waals surface area contributed by atoms with Gasteiger partial charge in [-0.15, -0.1) is 0 Å². The van der Waals surface area contributed by atoms with Gasteiger partial charge in [0.2, 0.25) is 0 Å². The third-order valence-corrected chi connectivity index (χ3v) is 3.20. The Kier molecular flexibility index (Phi) is 3.83. The molecule has 1 heterocycles. The third-order valence-electron chi connectivity index (χ3n) is 3.20. The van der Waals surface area contributed by atoms with Crippen LogP contribution in [0.25, 0.3) is 11.3 Å². The van der Waals surface area contributed by atoms with Gasteiger partial charge in [0, 0.05) is 12.2 Å². The van der Waals surface area contributed by atoms with E-state index in [2.05, 4.69) is 5.10 Å². The predicted molar refractivity (Wildman–Crippen MR) is 69.5 cm³/mol. The van der Waals surface area contributed by atoms with Gasteiger partial charge in [0.25, 0.3) is 0 Å². The van der Waals surface area contributed by atoms with E-state index in [0.29, 0.717) is 0 Å². The summed E-state index contributed by atoms with van der Waals surface area (Å²) >= 11 is 0. The average Bonchev–Trinajstić information content (AvgIpc) is 2.82. The van der Waals surface area contributed by atoms with Gasteiger partial charge in [0.1, 0.15) is 22.9 Å². The van der Waals surface area contributed by atoms with Crippen LogP contribution in [-0.2, 0) is 0 Å². The van der Waals surface area contributed by atoms with E-state index in [-0.39, 0.29) is 17.3 Å². The molecule has 20 heavy (non-hydrogen) atoms. The number of nitrogens with zero attached hydrogens (tertiary/aromatic N) is 2. The van der Waals surface area contributed by atoms with Crippen molar-refractivity contribution in [3.63, 3.8) is 0 Å². The lowest BCUT2D eigenvalue weighted by Crippen LogP contribution is -2.04. The molecule has 106 valence electrons. The van der Waals surface area contributed by atoms with Crippen molar-refractivity contribution in [2.75, 3.05) is 0 Å². The van der Waals surface area contributed by atoms with Crippen molar-refractivity contribution in [1.29, 1.82) is 0 Å². The lowest BCUT2D eigenvalue weighted by Gasteiger charge is -2.08. The number of hydrogen-bond acceptors (Lipinski definition) is 2. The Hall–Kier alpha value is -2.24. The lowest BCUT2D eigenvalue weighted by atomic mass is 10.1. The van der Waals surface area contributed by atoms with Gasteiger partial charge >= 0.3 is 5.97 Å². The van der Waals surface area contributed by atoms with Crippen molar-refractivity contribution in [1.82, 2.24) is 9.78 Å². The SMILES string of the molecule is CCC(C)n1cc(C(=O)O)c(-c2c(F)cccc2F)n1. The van der Waals surface area contributed by atoms with Crippen LogP contribution in [-0.4, -0.2) is 20.9 Å². The predicted octanol–water partition coefficient (Wildman–Crippen LogP) is 3.50. The van der Waals surface area contributed by atoms with E-state index >= 15 is 0 Å². The topological polar surface area (TPSA) is 55.1 Å². The zero-order valence-electron chi connectivity index (χ0n) is 11.1. The molecule has 0 amide bonds. The third kappa shape index (κ3) is 2.41. The summed E-state index contributed by atoms with van der Waals surface area (Å²) in [5, 5.41) is 13.2. The molecule has 0 spiro atoms. The Labute approximate surface area is 114 Å². The first-order valence-corrected chi connectivity index (χ1v) is 6.22. The highest BCUT2D eigenvalue weighted by molar-refractivity contribution is 5.94. The van der Waals surface area contributed by atoms with Crippen molar-refractivity contribution in [3.8, 4) is 11.3 Å². The van der Waals surface area contributed by atoms with Crippen LogP contribution in [0, 0.1) is 11.6 Å². The fraction of sp³-hybridized carbons (Fsp3) is 0.286. The Morgan fingerprint density at radius 2 is 2.00 bits per heavy atom. The highest BCUT2D eigenvalue weighted by Crippen LogP contribution is 2.29. The quantitative estimate of drug-likeness (QED) is 0.932. The summed E-state index contributed by atoms with van der Waals surface area (Å²) in [7, 11) is 0. The largest absolute Gasteiger partial charge is 0.478 e. The Balaban J connectivity index is 2.66. The summed E-state index contributed by atoms with van der Waals surface area (Å²) in [6.45, 7) is 3.76. The maximum atomic E-state index is 13.8. The molecule has 1 atom stereocenters. The molecule has 0 saturated carbocycles. The van der Waals surface area contributed by atoms with E-state index in [1.165, 1.54) is 16.9 Å². The summed E-state index contributed by atoms with van der Waals surface area (Å²) in [4.78, 5) is 11.2. The van der Waals surface area contributed by atoms with Gasteiger partial charge in [-0.1, -0.05) is 13.0 Å². The van der Waals surface area contributed by atoms with Gasteiger partial charge in [-0.3, -0.25) is 4.68 Å². The molecule has 2 rings (SSSR count). The molecule has 0 saturated heterocycles. The van der Waals surface area contributed by atoms with Crippen molar-refractivity contribution in [3.05, 3.63) is 41.6 Å². The van der Waals surface area contributed by atoms with E-state index in [1.807, 2.05) is 13.8 Å². The highest BCUT2D eigenvalue weighted by Gasteiger charge is 2.23. The Morgan fingerprint density at radius 3 is 2.50 bits per heavy atom. The molecule has 0 radical (unpaired) electrons. The van der Waals surface area contributed by atoms with Gasteiger partial charge in [-0.25, -0.2) is 13.6 Å². The molecule has 0 aliphatic heterocycles. The van der Waals surface area contributed by atoms with Crippen LogP contribution in [0.4, 0.5) is 8.78 Å². The molecule has 0 bridgehead atoms. The number of rotatable bonds is 4. The van der Waals surface area contributed by atoms with Crippen LogP contribution in [0.3, 0.4) is 0 Å². The molecular weight excluding hydrogens is 266 g/mol. The number of benzene rings is 1. The van der Waals surface area contributed by atoms with Crippen LogP contribution >= 0.6 is 0 Å². The van der Waals surface area contributed by atoms with Crippen LogP contribution < -0.4 is 0 Å². The van der Waals surface area contributed by atoms with Gasteiger partial charge in [0.15, 0.2) is 0 Å². The van der Waals surface area contributed by atoms with Gasteiger partial charge in [0.05, 0.1) is 5.56 Å². The summed E-state index contributed by atoms with van der Waals surface area (Å²) in [5.41, 5.74) is -0.811. The smallest absolute Gasteiger partial charge is 0.339 e. The number of carboxylic acids is 1. The monoisotopic (exact) mass is 280 g/mol. The van der Waals surface area contributed by atoms with E-state index < -0.39 is 23.2 Å². The lowest BCUT2D eigenvalue weighted by molar-refractivity contribution is 0.0697. The van der Waals surface area contributed by atoms with Crippen LogP contribution in [0.2, 0.25) is 0 Å². The number of hydrogen-bond donors (Lipinski definition) is 1. The highest BCUT2D eigenvalue weighted by atomic mass is 19.1. The van der Waals surface area contributed by atoms with Crippen LogP contribution in [0.15, 0.2) is 24.4 Å². The number of carbonyl (C=O) groups is 1. The van der Waals surface area contributed by atoms with E-state index in [9.17, 15) is 18.7 Å². The molecule has 0 fully saturated rings. The molecule has 1 aromatic heterocycles. The molecule has 1 unspecified atom stereocenters. The van der Waals surface area contributed by atoms with E-state index in [4.69, 9.17) is 0 Å². The summed E-state index contributed by atoms with van der Waals surface area (Å²) < 4.78 is 29.0. The van der Waals surface area contributed by atoms with Crippen molar-refractivity contribution < 1.29 is 18.7 Å². The van der Waals surface area contributed by atoms with Crippen molar-refractivity contribution in [2.45, 2.75) is 26.3 Å². The first-order valence-electron chi connectivity index (χ1n) is 6.22. The van der Waals surface area contributed by atoms with Crippen LogP contribution in [0.1, 0.15) is 36.7 Å². The number of aromatic nitrogens is 2. The second kappa shape index (κ2) is 5.40. The summed E-state index contributed by atoms with van der Waals surface area (Å²) in [6.07, 6.45) is 2.03. The number of aromatic carboxylic acids is 1. The molecule has 4 nitrogen and oxygen atoms in total. The standard InChI is InChI=1S/C14H14F2N2O2/c1-3-8(2)18-7-9(14(19)20)13(17-18)12-10(15)5-4-6-11(12)16/h4-8H,3H2,1-2H3,(H,19,20). The molecule has 1 N–H and O–H groups in total. The Bertz CT molecular complexity index is 632. The first-order chi connectivity index (χ1) is 9.45. The number of carboxylic acid groups (broad SMARTS) is 1. The fourth-order valence-corrected chi connectivity index (χ4v) is 1.87. The zero-order valence-corrected chi connectivity index (χ0v) is 11.1. The maximum Gasteiger partial charge on any atom is 0.339 e. The second-order valence-electron chi connectivity index (χ2n) is 4.53. The second-order valence-corrected chi connectivity index (χ2v) is 4.53. The van der Waals surface area contributed by atoms with Gasteiger partial charge in [-0.05, 0) is 25.5 Å². The molecule has 0 aliphatic carbocycles. The normalized spacial score (nSPS) is 12.4. The van der Waals surface area contributed by atoms with Gasteiger partial charge in [-0.2, -0.15) is 5.10 Å². The van der Waals surface area contributed by atoms with Crippen molar-refractivity contribution in [2.24, 2.45) is 0 Å². The molecular formula is C14H14F2N2O2. The zero-order chi connectivity index (χ0) is 14.9. The minimum atomic E-state index is -1.27. The average molecular weight is 280 g/mol. The Morgan fingerprint density at radius 1 is 1.40 bits per heavy atom. The molecule has 2 aromatic rings. The van der Waals surface area contributed by atoms with E-state index in [0.717, 1.165) is 18.6 Å². The molecule has 6 heteroatoms. The first kappa shape index (κ1) is 14.2. The fourth-order valence-electron chi connectivity index (χ4n) is 1.87. The maximum absolute atomic E-state index is 13.8. The minimum Gasteiger partial charge on any atom is -0.478 e.